The summed E-state index contributed by atoms with van der Waals surface area (Å²) in [6.07, 6.45) is 3.03. The van der Waals surface area contributed by atoms with Gasteiger partial charge in [0.05, 0.1) is 51.3 Å². The minimum atomic E-state index is -0.464. The number of esters is 1. The third-order valence-corrected chi connectivity index (χ3v) is 5.96. The minimum Gasteiger partial charge on any atom is -0.496 e. The predicted octanol–water partition coefficient (Wildman–Crippen LogP) is 4.87. The molecule has 0 fully saturated rings. The van der Waals surface area contributed by atoms with Crippen molar-refractivity contribution < 1.29 is 23.7 Å². The summed E-state index contributed by atoms with van der Waals surface area (Å²) < 4.78 is 23.9. The van der Waals surface area contributed by atoms with E-state index in [2.05, 4.69) is 30.0 Å². The van der Waals surface area contributed by atoms with Crippen LogP contribution in [0.4, 0.5) is 0 Å². The summed E-state index contributed by atoms with van der Waals surface area (Å²) in [4.78, 5) is 22.4. The number of benzene rings is 2. The second kappa shape index (κ2) is 10.6. The molecule has 4 aromatic rings. The Bertz CT molecular complexity index is 1380. The molecule has 4 rings (SSSR count). The third-order valence-electron chi connectivity index (χ3n) is 5.96. The lowest BCUT2D eigenvalue weighted by molar-refractivity contribution is 0.0525. The number of ether oxygens (including phenoxy) is 4. The van der Waals surface area contributed by atoms with Gasteiger partial charge in [0, 0.05) is 17.0 Å². The molecule has 0 atom stereocenters. The van der Waals surface area contributed by atoms with E-state index in [0.717, 1.165) is 22.3 Å². The van der Waals surface area contributed by atoms with E-state index < -0.39 is 5.97 Å². The van der Waals surface area contributed by atoms with Gasteiger partial charge in [0.25, 0.3) is 0 Å². The Morgan fingerprint density at radius 2 is 1.72 bits per heavy atom. The zero-order valence-electron chi connectivity index (χ0n) is 21.4. The molecule has 2 aromatic heterocycles. The van der Waals surface area contributed by atoms with Crippen molar-refractivity contribution in [3.63, 3.8) is 0 Å². The van der Waals surface area contributed by atoms with E-state index in [-0.39, 0.29) is 19.1 Å². The van der Waals surface area contributed by atoms with E-state index in [1.165, 1.54) is 6.33 Å². The number of carbonyl (C=O) groups is 1. The van der Waals surface area contributed by atoms with Crippen molar-refractivity contribution in [3.05, 3.63) is 59.8 Å². The van der Waals surface area contributed by atoms with Crippen LogP contribution in [0.3, 0.4) is 0 Å². The molecule has 0 bridgehead atoms. The average molecular weight is 491 g/mol. The van der Waals surface area contributed by atoms with Gasteiger partial charge >= 0.3 is 5.97 Å². The molecule has 36 heavy (non-hydrogen) atoms. The number of rotatable bonds is 9. The van der Waals surface area contributed by atoms with E-state index in [1.807, 2.05) is 24.3 Å². The van der Waals surface area contributed by atoms with E-state index >= 15 is 0 Å². The first-order valence-electron chi connectivity index (χ1n) is 11.7. The van der Waals surface area contributed by atoms with E-state index in [4.69, 9.17) is 23.9 Å². The van der Waals surface area contributed by atoms with Gasteiger partial charge in [0.15, 0.2) is 11.5 Å². The van der Waals surface area contributed by atoms with Gasteiger partial charge in [-0.3, -0.25) is 0 Å². The SMILES string of the molecule is CCOC(=O)c1c(Cn2cncn2)nc2cc(OC)c(OC)cc2c1-c1ccc(OC)c(C(C)C)c1. The Kier molecular flexibility index (Phi) is 7.38. The highest BCUT2D eigenvalue weighted by atomic mass is 16.5. The third kappa shape index (κ3) is 4.68. The van der Waals surface area contributed by atoms with Gasteiger partial charge in [-0.15, -0.1) is 0 Å². The molecule has 0 aliphatic heterocycles. The molecule has 0 saturated carbocycles. The Morgan fingerprint density at radius 1 is 1.00 bits per heavy atom. The summed E-state index contributed by atoms with van der Waals surface area (Å²) in [5.74, 6) is 1.59. The fourth-order valence-electron chi connectivity index (χ4n) is 4.29. The summed E-state index contributed by atoms with van der Waals surface area (Å²) in [5.41, 5.74) is 4.07. The van der Waals surface area contributed by atoms with E-state index in [0.29, 0.717) is 33.8 Å². The fraction of sp³-hybridized carbons (Fsp3) is 0.333. The monoisotopic (exact) mass is 490 g/mol. The van der Waals surface area contributed by atoms with Crippen molar-refractivity contribution >= 4 is 16.9 Å². The molecule has 188 valence electrons. The molecule has 0 spiro atoms. The quantitative estimate of drug-likeness (QED) is 0.307. The standard InChI is InChI=1S/C27H30N4O5/c1-7-36-27(32)26-21(13-31-15-28-14-29-31)30-20-12-24(35-6)23(34-5)11-19(20)25(26)17-8-9-22(33-4)18(10-17)16(2)3/h8-12,14-16H,7,13H2,1-6H3. The molecule has 0 saturated heterocycles. The summed E-state index contributed by atoms with van der Waals surface area (Å²) in [6, 6.07) is 9.57. The van der Waals surface area contributed by atoms with Crippen LogP contribution < -0.4 is 14.2 Å². The Labute approximate surface area is 210 Å². The maximum atomic E-state index is 13.5. The molecule has 2 heterocycles. The molecule has 9 nitrogen and oxygen atoms in total. The Balaban J connectivity index is 2.12. The number of methoxy groups -OCH3 is 3. The molecular weight excluding hydrogens is 460 g/mol. The second-order valence-corrected chi connectivity index (χ2v) is 8.46. The summed E-state index contributed by atoms with van der Waals surface area (Å²) >= 11 is 0. The van der Waals surface area contributed by atoms with Crippen molar-refractivity contribution in [2.45, 2.75) is 33.2 Å². The van der Waals surface area contributed by atoms with E-state index in [1.54, 1.807) is 39.3 Å². The maximum absolute atomic E-state index is 13.5. The summed E-state index contributed by atoms with van der Waals surface area (Å²) in [6.45, 7) is 6.44. The Hall–Kier alpha value is -4.14. The predicted molar refractivity (Wildman–Crippen MR) is 136 cm³/mol. The summed E-state index contributed by atoms with van der Waals surface area (Å²) in [7, 11) is 4.80. The molecule has 0 radical (unpaired) electrons. The van der Waals surface area contributed by atoms with Gasteiger partial charge in [0.2, 0.25) is 0 Å². The summed E-state index contributed by atoms with van der Waals surface area (Å²) in [5, 5.41) is 4.95. The van der Waals surface area contributed by atoms with Crippen molar-refractivity contribution in [1.29, 1.82) is 0 Å². The van der Waals surface area contributed by atoms with Crippen LogP contribution in [-0.2, 0) is 11.3 Å². The van der Waals surface area contributed by atoms with Crippen molar-refractivity contribution in [2.24, 2.45) is 0 Å². The maximum Gasteiger partial charge on any atom is 0.340 e. The molecule has 2 aromatic carbocycles. The molecule has 0 aliphatic carbocycles. The lowest BCUT2D eigenvalue weighted by Gasteiger charge is -2.20. The van der Waals surface area contributed by atoms with Gasteiger partial charge in [-0.1, -0.05) is 19.9 Å². The van der Waals surface area contributed by atoms with Gasteiger partial charge in [-0.25, -0.2) is 19.4 Å². The van der Waals surface area contributed by atoms with Gasteiger partial charge < -0.3 is 18.9 Å². The van der Waals surface area contributed by atoms with E-state index in [9.17, 15) is 4.79 Å². The molecule has 0 unspecified atom stereocenters. The molecule has 0 amide bonds. The zero-order chi connectivity index (χ0) is 25.8. The number of aromatic nitrogens is 4. The fourth-order valence-corrected chi connectivity index (χ4v) is 4.29. The number of nitrogens with zero attached hydrogens (tertiary/aromatic N) is 4. The van der Waals surface area contributed by atoms with Crippen molar-refractivity contribution in [1.82, 2.24) is 19.7 Å². The smallest absolute Gasteiger partial charge is 0.340 e. The van der Waals surface area contributed by atoms with Crippen LogP contribution in [0.15, 0.2) is 43.0 Å². The molecule has 0 aliphatic rings. The van der Waals surface area contributed by atoms with Crippen LogP contribution in [0, 0.1) is 0 Å². The first-order chi connectivity index (χ1) is 17.4. The largest absolute Gasteiger partial charge is 0.496 e. The highest BCUT2D eigenvalue weighted by Gasteiger charge is 2.26. The van der Waals surface area contributed by atoms with Gasteiger partial charge in [0.1, 0.15) is 18.4 Å². The normalized spacial score (nSPS) is 11.1. The number of hydrogen-bond acceptors (Lipinski definition) is 8. The van der Waals surface area contributed by atoms with Crippen LogP contribution in [0.1, 0.15) is 48.3 Å². The van der Waals surface area contributed by atoms with Gasteiger partial charge in [-0.05, 0) is 42.2 Å². The number of pyridine rings is 1. The highest BCUT2D eigenvalue weighted by Crippen LogP contribution is 2.41. The lowest BCUT2D eigenvalue weighted by atomic mass is 9.90. The Morgan fingerprint density at radius 3 is 2.33 bits per heavy atom. The topological polar surface area (TPSA) is 97.6 Å². The number of fused-ring (bicyclic) bond motifs is 1. The average Bonchev–Trinajstić information content (AvgIpc) is 3.39. The highest BCUT2D eigenvalue weighted by molar-refractivity contribution is 6.08. The first-order valence-corrected chi connectivity index (χ1v) is 11.7. The van der Waals surface area contributed by atoms with Crippen LogP contribution in [0.25, 0.3) is 22.0 Å². The van der Waals surface area contributed by atoms with Crippen LogP contribution in [-0.4, -0.2) is 53.7 Å². The van der Waals surface area contributed by atoms with Crippen molar-refractivity contribution in [2.75, 3.05) is 27.9 Å². The minimum absolute atomic E-state index is 0.197. The van der Waals surface area contributed by atoms with Crippen LogP contribution in [0.5, 0.6) is 17.2 Å². The lowest BCUT2D eigenvalue weighted by Crippen LogP contribution is -2.15. The zero-order valence-corrected chi connectivity index (χ0v) is 21.4. The first kappa shape index (κ1) is 25.0. The number of hydrogen-bond donors (Lipinski definition) is 0. The van der Waals surface area contributed by atoms with Gasteiger partial charge in [-0.2, -0.15) is 5.10 Å². The molecular formula is C27H30N4O5. The molecule has 0 N–H and O–H groups in total. The van der Waals surface area contributed by atoms with Crippen LogP contribution >= 0.6 is 0 Å². The molecule has 9 heteroatoms. The van der Waals surface area contributed by atoms with Crippen molar-refractivity contribution in [3.8, 4) is 28.4 Å². The number of carbonyl (C=O) groups excluding carboxylic acids is 1. The second-order valence-electron chi connectivity index (χ2n) is 8.46. The van der Waals surface area contributed by atoms with Crippen LogP contribution in [0.2, 0.25) is 0 Å².